The Morgan fingerprint density at radius 1 is 1.29 bits per heavy atom. The third-order valence-corrected chi connectivity index (χ3v) is 6.34. The summed E-state index contributed by atoms with van der Waals surface area (Å²) in [6, 6.07) is 11.5. The molecule has 0 fully saturated rings. The molecule has 2 heteroatoms. The summed E-state index contributed by atoms with van der Waals surface area (Å²) in [6.07, 6.45) is 0. The topological polar surface area (TPSA) is 9.23 Å². The molecule has 1 aromatic rings. The van der Waals surface area contributed by atoms with Crippen molar-refractivity contribution < 1.29 is 4.43 Å². The van der Waals surface area contributed by atoms with Crippen molar-refractivity contribution in [3.05, 3.63) is 42.6 Å². The highest BCUT2D eigenvalue weighted by Crippen LogP contribution is 2.12. The van der Waals surface area contributed by atoms with Gasteiger partial charge in [-0.05, 0) is 18.2 Å². The van der Waals surface area contributed by atoms with Gasteiger partial charge in [-0.3, -0.25) is 0 Å². The van der Waals surface area contributed by atoms with E-state index in [9.17, 15) is 0 Å². The van der Waals surface area contributed by atoms with Crippen molar-refractivity contribution in [1.82, 2.24) is 0 Å². The van der Waals surface area contributed by atoms with Gasteiger partial charge in [0.25, 0.3) is 0 Å². The normalized spacial score (nSPS) is 14.7. The fraction of sp³-hybridized carbons (Fsp3) is 0.333. The van der Waals surface area contributed by atoms with Gasteiger partial charge in [-0.1, -0.05) is 43.0 Å². The van der Waals surface area contributed by atoms with Crippen molar-refractivity contribution in [2.45, 2.75) is 19.9 Å². The zero-order valence-electron chi connectivity index (χ0n) is 8.99. The molecular formula is C12H18OSi. The van der Waals surface area contributed by atoms with Crippen LogP contribution in [-0.2, 0) is 4.43 Å². The third-order valence-electron chi connectivity index (χ3n) is 2.52. The quantitative estimate of drug-likeness (QED) is 0.673. The lowest BCUT2D eigenvalue weighted by Gasteiger charge is -2.26. The molecule has 1 nitrogen and oxygen atoms in total. The summed E-state index contributed by atoms with van der Waals surface area (Å²) in [5.41, 5.74) is 2.03. The zero-order valence-corrected chi connectivity index (χ0v) is 9.99. The van der Waals surface area contributed by atoms with Gasteiger partial charge >= 0.3 is 0 Å². The first-order chi connectivity index (χ1) is 6.79. The van der Waals surface area contributed by atoms with Gasteiger partial charge in [0.2, 0.25) is 8.32 Å². The van der Waals surface area contributed by atoms with Crippen LogP contribution >= 0.6 is 0 Å². The van der Waals surface area contributed by atoms with Crippen molar-refractivity contribution >= 4 is 13.5 Å². The van der Waals surface area contributed by atoms with E-state index in [1.165, 1.54) is 5.19 Å². The van der Waals surface area contributed by atoms with E-state index < -0.39 is 8.32 Å². The van der Waals surface area contributed by atoms with Crippen molar-refractivity contribution in [3.8, 4) is 0 Å². The lowest BCUT2D eigenvalue weighted by Crippen LogP contribution is -2.48. The summed E-state index contributed by atoms with van der Waals surface area (Å²) in [5, 5.41) is 1.32. The van der Waals surface area contributed by atoms with Gasteiger partial charge in [0.05, 0.1) is 0 Å². The van der Waals surface area contributed by atoms with E-state index >= 15 is 0 Å². The maximum absolute atomic E-state index is 5.93. The number of hydrogen-bond acceptors (Lipinski definition) is 1. The van der Waals surface area contributed by atoms with Gasteiger partial charge in [-0.15, -0.1) is 6.58 Å². The van der Waals surface area contributed by atoms with Crippen LogP contribution in [0.2, 0.25) is 6.04 Å². The first-order valence-corrected chi connectivity index (χ1v) is 7.31. The molecule has 0 aliphatic carbocycles. The number of rotatable bonds is 5. The summed E-state index contributed by atoms with van der Waals surface area (Å²) in [7, 11) is -1.86. The maximum Gasteiger partial charge on any atom is 0.247 e. The molecule has 0 spiro atoms. The molecule has 0 aliphatic heterocycles. The first kappa shape index (κ1) is 11.2. The molecule has 1 aromatic carbocycles. The Morgan fingerprint density at radius 2 is 1.93 bits per heavy atom. The van der Waals surface area contributed by atoms with Gasteiger partial charge < -0.3 is 4.43 Å². The minimum Gasteiger partial charge on any atom is -0.409 e. The van der Waals surface area contributed by atoms with Crippen molar-refractivity contribution in [3.63, 3.8) is 0 Å². The van der Waals surface area contributed by atoms with Crippen LogP contribution in [0.15, 0.2) is 42.6 Å². The summed E-state index contributed by atoms with van der Waals surface area (Å²) < 4.78 is 5.93. The van der Waals surface area contributed by atoms with E-state index in [1.807, 2.05) is 18.7 Å². The van der Waals surface area contributed by atoms with Gasteiger partial charge in [0, 0.05) is 6.61 Å². The molecule has 0 heterocycles. The molecule has 0 amide bonds. The lowest BCUT2D eigenvalue weighted by molar-refractivity contribution is 0.338. The van der Waals surface area contributed by atoms with Crippen molar-refractivity contribution in [2.75, 3.05) is 6.61 Å². The van der Waals surface area contributed by atoms with Gasteiger partial charge in [0.15, 0.2) is 0 Å². The highest BCUT2D eigenvalue weighted by Gasteiger charge is 2.30. The minimum atomic E-state index is -1.86. The standard InChI is InChI=1S/C12H18OSi/c1-4-13-14(5-2,6-3)12-10-8-7-9-11-12/h5,7-11H,2,4,6H2,1,3H3. The van der Waals surface area contributed by atoms with Gasteiger partial charge in [-0.25, -0.2) is 0 Å². The van der Waals surface area contributed by atoms with E-state index in [0.29, 0.717) is 0 Å². The Bertz CT molecular complexity index is 284. The van der Waals surface area contributed by atoms with Crippen LogP contribution in [0.4, 0.5) is 0 Å². The maximum atomic E-state index is 5.93. The highest BCUT2D eigenvalue weighted by atomic mass is 28.4. The van der Waals surface area contributed by atoms with Crippen LogP contribution in [0.1, 0.15) is 13.8 Å². The Balaban J connectivity index is 3.04. The average Bonchev–Trinajstić information content (AvgIpc) is 2.27. The summed E-state index contributed by atoms with van der Waals surface area (Å²) in [4.78, 5) is 0. The van der Waals surface area contributed by atoms with E-state index in [2.05, 4.69) is 37.8 Å². The predicted molar refractivity (Wildman–Crippen MR) is 64.1 cm³/mol. The molecule has 0 saturated carbocycles. The second-order valence-corrected chi connectivity index (χ2v) is 7.01. The summed E-state index contributed by atoms with van der Waals surface area (Å²) >= 11 is 0. The van der Waals surface area contributed by atoms with Gasteiger partial charge in [-0.2, -0.15) is 0 Å². The Kier molecular flexibility index (Phi) is 4.11. The molecule has 1 atom stereocenters. The Hall–Kier alpha value is -0.863. The van der Waals surface area contributed by atoms with Crippen molar-refractivity contribution in [2.24, 2.45) is 0 Å². The van der Waals surface area contributed by atoms with E-state index in [1.54, 1.807) is 0 Å². The highest BCUT2D eigenvalue weighted by molar-refractivity contribution is 6.90. The molecule has 0 N–H and O–H groups in total. The SMILES string of the molecule is C=C[Si](CC)(OCC)c1ccccc1. The molecule has 0 saturated heterocycles. The molecule has 1 rings (SSSR count). The lowest BCUT2D eigenvalue weighted by atomic mass is 10.4. The van der Waals surface area contributed by atoms with Crippen LogP contribution in [0.5, 0.6) is 0 Å². The second kappa shape index (κ2) is 5.13. The molecule has 0 aromatic heterocycles. The number of hydrogen-bond donors (Lipinski definition) is 0. The van der Waals surface area contributed by atoms with Crippen LogP contribution in [0.25, 0.3) is 0 Å². The summed E-state index contributed by atoms with van der Waals surface area (Å²) in [5.74, 6) is 0. The second-order valence-electron chi connectivity index (χ2n) is 3.25. The molecule has 0 bridgehead atoms. The summed E-state index contributed by atoms with van der Waals surface area (Å²) in [6.45, 7) is 8.92. The first-order valence-electron chi connectivity index (χ1n) is 5.12. The van der Waals surface area contributed by atoms with Gasteiger partial charge in [0.1, 0.15) is 0 Å². The molecule has 76 valence electrons. The van der Waals surface area contributed by atoms with E-state index in [0.717, 1.165) is 12.7 Å². The van der Waals surface area contributed by atoms with Crippen LogP contribution in [0.3, 0.4) is 0 Å². The predicted octanol–water partition coefficient (Wildman–Crippen LogP) is 2.62. The molecule has 14 heavy (non-hydrogen) atoms. The molecular weight excluding hydrogens is 188 g/mol. The number of benzene rings is 1. The van der Waals surface area contributed by atoms with Crippen LogP contribution in [-0.4, -0.2) is 14.9 Å². The van der Waals surface area contributed by atoms with Crippen LogP contribution in [0, 0.1) is 0 Å². The fourth-order valence-electron chi connectivity index (χ4n) is 1.69. The zero-order chi connectivity index (χ0) is 10.4. The molecule has 1 unspecified atom stereocenters. The molecule has 0 radical (unpaired) electrons. The van der Waals surface area contributed by atoms with Crippen molar-refractivity contribution in [1.29, 1.82) is 0 Å². The minimum absolute atomic E-state index is 0.765. The molecule has 0 aliphatic rings. The fourth-order valence-corrected chi connectivity index (χ4v) is 4.38. The monoisotopic (exact) mass is 206 g/mol. The Morgan fingerprint density at radius 3 is 2.36 bits per heavy atom. The smallest absolute Gasteiger partial charge is 0.247 e. The average molecular weight is 206 g/mol. The van der Waals surface area contributed by atoms with E-state index in [4.69, 9.17) is 4.43 Å². The third kappa shape index (κ3) is 2.14. The van der Waals surface area contributed by atoms with Crippen LogP contribution < -0.4 is 5.19 Å². The van der Waals surface area contributed by atoms with E-state index in [-0.39, 0.29) is 0 Å². The largest absolute Gasteiger partial charge is 0.409 e. The Labute approximate surface area is 87.5 Å².